The predicted octanol–water partition coefficient (Wildman–Crippen LogP) is 2.79. The quantitative estimate of drug-likeness (QED) is 0.907. The summed E-state index contributed by atoms with van der Waals surface area (Å²) in [5.41, 5.74) is 0.808. The van der Waals surface area contributed by atoms with Gasteiger partial charge < -0.3 is 4.90 Å². The zero-order valence-electron chi connectivity index (χ0n) is 12.1. The maximum absolute atomic E-state index is 13.4. The van der Waals surface area contributed by atoms with Gasteiger partial charge in [-0.1, -0.05) is 19.1 Å². The van der Waals surface area contributed by atoms with E-state index in [1.165, 1.54) is 12.1 Å². The molecule has 0 saturated carbocycles. The molecule has 5 heteroatoms. The van der Waals surface area contributed by atoms with Gasteiger partial charge in [-0.05, 0) is 37.3 Å². The number of carbonyl (C=O) groups is 1. The van der Waals surface area contributed by atoms with Crippen molar-refractivity contribution in [1.82, 2.24) is 10.2 Å². The fourth-order valence-electron chi connectivity index (χ4n) is 2.65. The highest BCUT2D eigenvalue weighted by Gasteiger charge is 2.40. The van der Waals surface area contributed by atoms with Crippen LogP contribution in [-0.4, -0.2) is 34.9 Å². The summed E-state index contributed by atoms with van der Waals surface area (Å²) in [5, 5.41) is 3.27. The van der Waals surface area contributed by atoms with Crippen molar-refractivity contribution in [2.45, 2.75) is 38.5 Å². The molecular formula is C15H21FN2OS. The van der Waals surface area contributed by atoms with E-state index in [2.05, 4.69) is 12.2 Å². The van der Waals surface area contributed by atoms with E-state index in [1.54, 1.807) is 17.8 Å². The van der Waals surface area contributed by atoms with Crippen molar-refractivity contribution in [2.24, 2.45) is 0 Å². The molecule has 1 heterocycles. The second-order valence-electron chi connectivity index (χ2n) is 5.11. The molecule has 1 amide bonds. The summed E-state index contributed by atoms with van der Waals surface area (Å²) in [7, 11) is 0. The summed E-state index contributed by atoms with van der Waals surface area (Å²) in [6.45, 7) is 3.94. The normalized spacial score (nSPS) is 24.2. The van der Waals surface area contributed by atoms with Crippen molar-refractivity contribution in [3.63, 3.8) is 0 Å². The van der Waals surface area contributed by atoms with Crippen LogP contribution < -0.4 is 5.32 Å². The van der Waals surface area contributed by atoms with Gasteiger partial charge in [-0.15, -0.1) is 0 Å². The molecule has 1 aliphatic heterocycles. The number of carbonyl (C=O) groups excluding carboxylic acids is 1. The summed E-state index contributed by atoms with van der Waals surface area (Å²) < 4.78 is 13.4. The monoisotopic (exact) mass is 296 g/mol. The first-order chi connectivity index (χ1) is 9.58. The topological polar surface area (TPSA) is 32.3 Å². The second-order valence-corrected chi connectivity index (χ2v) is 6.02. The fraction of sp³-hybridized carbons (Fsp3) is 0.533. The minimum Gasteiger partial charge on any atom is -0.318 e. The van der Waals surface area contributed by atoms with E-state index in [0.29, 0.717) is 0 Å². The van der Waals surface area contributed by atoms with E-state index in [4.69, 9.17) is 0 Å². The van der Waals surface area contributed by atoms with Crippen molar-refractivity contribution < 1.29 is 9.18 Å². The first kappa shape index (κ1) is 15.3. The lowest BCUT2D eigenvalue weighted by molar-refractivity contribution is -0.131. The molecular weight excluding hydrogens is 275 g/mol. The molecule has 1 aliphatic rings. The van der Waals surface area contributed by atoms with Crippen molar-refractivity contribution in [3.8, 4) is 0 Å². The lowest BCUT2D eigenvalue weighted by Crippen LogP contribution is -2.41. The van der Waals surface area contributed by atoms with Crippen LogP contribution in [0.15, 0.2) is 24.3 Å². The molecule has 1 saturated heterocycles. The number of halogens is 1. The van der Waals surface area contributed by atoms with Gasteiger partial charge in [0.1, 0.15) is 12.0 Å². The molecule has 1 aromatic rings. The van der Waals surface area contributed by atoms with E-state index in [0.717, 1.165) is 17.7 Å². The molecule has 20 heavy (non-hydrogen) atoms. The van der Waals surface area contributed by atoms with Gasteiger partial charge in [0.25, 0.3) is 0 Å². The Morgan fingerprint density at radius 2 is 2.25 bits per heavy atom. The molecule has 1 aromatic carbocycles. The van der Waals surface area contributed by atoms with Crippen LogP contribution in [0, 0.1) is 5.82 Å². The van der Waals surface area contributed by atoms with E-state index >= 15 is 0 Å². The standard InChI is InChI=1S/C15H21FN2OS/c1-4-13(9-20-3)18-14(17-10(2)15(18)19)11-6-5-7-12(16)8-11/h5-8,10,13-14,17H,4,9H2,1-3H3. The molecule has 0 radical (unpaired) electrons. The highest BCUT2D eigenvalue weighted by atomic mass is 32.2. The van der Waals surface area contributed by atoms with Crippen LogP contribution in [0.5, 0.6) is 0 Å². The smallest absolute Gasteiger partial charge is 0.241 e. The average molecular weight is 296 g/mol. The van der Waals surface area contributed by atoms with Crippen molar-refractivity contribution in [1.29, 1.82) is 0 Å². The van der Waals surface area contributed by atoms with Crippen molar-refractivity contribution >= 4 is 17.7 Å². The van der Waals surface area contributed by atoms with Gasteiger partial charge in [0.05, 0.1) is 6.04 Å². The van der Waals surface area contributed by atoms with Gasteiger partial charge in [-0.25, -0.2) is 4.39 Å². The Morgan fingerprint density at radius 1 is 1.50 bits per heavy atom. The van der Waals surface area contributed by atoms with Crippen LogP contribution in [0.25, 0.3) is 0 Å². The number of nitrogens with one attached hydrogen (secondary N) is 1. The highest BCUT2D eigenvalue weighted by Crippen LogP contribution is 2.29. The Bertz CT molecular complexity index is 483. The van der Waals surface area contributed by atoms with Crippen LogP contribution >= 0.6 is 11.8 Å². The second kappa shape index (κ2) is 6.59. The summed E-state index contributed by atoms with van der Waals surface area (Å²) in [6.07, 6.45) is 2.70. The number of hydrogen-bond donors (Lipinski definition) is 1. The molecule has 0 aliphatic carbocycles. The molecule has 0 bridgehead atoms. The maximum Gasteiger partial charge on any atom is 0.241 e. The highest BCUT2D eigenvalue weighted by molar-refractivity contribution is 7.98. The van der Waals surface area contributed by atoms with E-state index < -0.39 is 0 Å². The number of hydrogen-bond acceptors (Lipinski definition) is 3. The predicted molar refractivity (Wildman–Crippen MR) is 81.0 cm³/mol. The molecule has 1 N–H and O–H groups in total. The third-order valence-electron chi connectivity index (χ3n) is 3.70. The SMILES string of the molecule is CCC(CSC)N1C(=O)C(C)NC1c1cccc(F)c1. The van der Waals surface area contributed by atoms with Gasteiger partial charge >= 0.3 is 0 Å². The zero-order valence-corrected chi connectivity index (χ0v) is 12.9. The van der Waals surface area contributed by atoms with Gasteiger partial charge in [0.15, 0.2) is 0 Å². The third kappa shape index (κ3) is 2.99. The maximum atomic E-state index is 13.4. The Balaban J connectivity index is 2.32. The number of amides is 1. The molecule has 3 unspecified atom stereocenters. The lowest BCUT2D eigenvalue weighted by atomic mass is 10.1. The number of nitrogens with zero attached hydrogens (tertiary/aromatic N) is 1. The molecule has 0 spiro atoms. The van der Waals surface area contributed by atoms with Gasteiger partial charge in [0.2, 0.25) is 5.91 Å². The molecule has 2 rings (SSSR count). The van der Waals surface area contributed by atoms with Crippen LogP contribution in [0.2, 0.25) is 0 Å². The minimum atomic E-state index is -0.269. The van der Waals surface area contributed by atoms with E-state index in [9.17, 15) is 9.18 Å². The minimum absolute atomic E-state index is 0.0974. The first-order valence-electron chi connectivity index (χ1n) is 6.91. The first-order valence-corrected chi connectivity index (χ1v) is 8.30. The Kier molecular flexibility index (Phi) is 5.05. The number of benzene rings is 1. The lowest BCUT2D eigenvalue weighted by Gasteiger charge is -2.32. The molecule has 110 valence electrons. The van der Waals surface area contributed by atoms with Crippen LogP contribution in [0.1, 0.15) is 32.0 Å². The number of thioether (sulfide) groups is 1. The van der Waals surface area contributed by atoms with Crippen LogP contribution in [0.3, 0.4) is 0 Å². The number of rotatable bonds is 5. The summed E-state index contributed by atoms with van der Waals surface area (Å²) in [4.78, 5) is 14.3. The molecule has 3 atom stereocenters. The van der Waals surface area contributed by atoms with Crippen molar-refractivity contribution in [2.75, 3.05) is 12.0 Å². The van der Waals surface area contributed by atoms with Crippen LogP contribution in [-0.2, 0) is 4.79 Å². The van der Waals surface area contributed by atoms with Gasteiger partial charge in [0, 0.05) is 11.8 Å². The Labute approximate surface area is 123 Å². The average Bonchev–Trinajstić information content (AvgIpc) is 2.73. The van der Waals surface area contributed by atoms with Crippen LogP contribution in [0.4, 0.5) is 4.39 Å². The van der Waals surface area contributed by atoms with Gasteiger partial charge in [-0.2, -0.15) is 11.8 Å². The largest absolute Gasteiger partial charge is 0.318 e. The Morgan fingerprint density at radius 3 is 2.85 bits per heavy atom. The molecule has 0 aromatic heterocycles. The van der Waals surface area contributed by atoms with Crippen molar-refractivity contribution in [3.05, 3.63) is 35.6 Å². The molecule has 1 fully saturated rings. The van der Waals surface area contributed by atoms with Gasteiger partial charge in [-0.3, -0.25) is 10.1 Å². The summed E-state index contributed by atoms with van der Waals surface area (Å²) in [6, 6.07) is 6.43. The fourth-order valence-corrected chi connectivity index (χ4v) is 3.43. The zero-order chi connectivity index (χ0) is 14.7. The Hall–Kier alpha value is -1.07. The summed E-state index contributed by atoms with van der Waals surface area (Å²) in [5.74, 6) is 0.719. The van der Waals surface area contributed by atoms with E-state index in [-0.39, 0.29) is 30.0 Å². The third-order valence-corrected chi connectivity index (χ3v) is 4.42. The summed E-state index contributed by atoms with van der Waals surface area (Å²) >= 11 is 1.73. The van der Waals surface area contributed by atoms with E-state index in [1.807, 2.05) is 24.1 Å². The molecule has 3 nitrogen and oxygen atoms in total.